The van der Waals surface area contributed by atoms with Gasteiger partial charge in [-0.1, -0.05) is 33.3 Å². The summed E-state index contributed by atoms with van der Waals surface area (Å²) in [5.41, 5.74) is -3.86. The third-order valence-electron chi connectivity index (χ3n) is 3.37. The van der Waals surface area contributed by atoms with Crippen LogP contribution in [0.1, 0.15) is 50.7 Å². The van der Waals surface area contributed by atoms with Crippen molar-refractivity contribution in [1.82, 2.24) is 0 Å². The van der Waals surface area contributed by atoms with Gasteiger partial charge in [0.05, 0.1) is 5.56 Å². The van der Waals surface area contributed by atoms with Gasteiger partial charge in [-0.25, -0.2) is 22.0 Å². The van der Waals surface area contributed by atoms with Crippen molar-refractivity contribution in [2.45, 2.75) is 44.4 Å². The van der Waals surface area contributed by atoms with E-state index in [1.807, 2.05) is 0 Å². The summed E-state index contributed by atoms with van der Waals surface area (Å²) in [7, 11) is -10.9. The Bertz CT molecular complexity index is 790. The van der Waals surface area contributed by atoms with Crippen molar-refractivity contribution in [3.8, 4) is 0 Å². The van der Waals surface area contributed by atoms with E-state index in [4.69, 9.17) is 0 Å². The predicted octanol–water partition coefficient (Wildman–Crippen LogP) is 9.30. The zero-order chi connectivity index (χ0) is 21.3. The third-order valence-corrected chi connectivity index (χ3v) is 4.54. The number of hydrogen-bond donors (Lipinski definition) is 0. The van der Waals surface area contributed by atoms with Crippen LogP contribution in [0.4, 0.5) is 41.4 Å². The Kier molecular flexibility index (Phi) is 6.12. The lowest BCUT2D eigenvalue weighted by molar-refractivity contribution is 0.354. The first-order chi connectivity index (χ1) is 12.0. The average molecular weight is 430 g/mol. The topological polar surface area (TPSA) is 0 Å². The molecule has 1 aromatic rings. The molecule has 0 aliphatic rings. The van der Waals surface area contributed by atoms with Gasteiger partial charge in [0.15, 0.2) is 22.4 Å². The van der Waals surface area contributed by atoms with Crippen LogP contribution in [0.5, 0.6) is 0 Å². The van der Waals surface area contributed by atoms with E-state index in [2.05, 4.69) is 0 Å². The predicted molar refractivity (Wildman–Crippen MR) is 85.9 cm³/mol. The standard InChI is InChI=1S/C16H16F10S/c1-3-5-11(17)13(19)9-7-8-10(14(20)12(18)6-4-2)16(15(9)21)27(22,23,24,25)26/h7-8H,3-6H2,1-2H3/b13-11+,14-12+. The first-order valence-corrected chi connectivity index (χ1v) is 9.65. The molecule has 0 N–H and O–H groups in total. The normalized spacial score (nSPS) is 17.0. The minimum Gasteiger partial charge on any atom is -0.209 e. The van der Waals surface area contributed by atoms with Gasteiger partial charge in [-0.05, 0) is 25.0 Å². The summed E-state index contributed by atoms with van der Waals surface area (Å²) in [6.07, 6.45) is -1.44. The van der Waals surface area contributed by atoms with E-state index < -0.39 is 68.2 Å². The van der Waals surface area contributed by atoms with Gasteiger partial charge in [-0.15, -0.1) is 0 Å². The Labute approximate surface area is 149 Å². The van der Waals surface area contributed by atoms with Crippen LogP contribution in [0.2, 0.25) is 0 Å². The van der Waals surface area contributed by atoms with E-state index in [1.165, 1.54) is 13.8 Å². The van der Waals surface area contributed by atoms with Crippen LogP contribution >= 0.6 is 10.2 Å². The Morgan fingerprint density at radius 3 is 1.48 bits per heavy atom. The van der Waals surface area contributed by atoms with Crippen LogP contribution in [0.25, 0.3) is 11.7 Å². The van der Waals surface area contributed by atoms with E-state index >= 15 is 0 Å². The third kappa shape index (κ3) is 5.43. The van der Waals surface area contributed by atoms with Gasteiger partial charge in [0.25, 0.3) is 0 Å². The van der Waals surface area contributed by atoms with Gasteiger partial charge in [0, 0.05) is 18.4 Å². The first kappa shape index (κ1) is 23.4. The molecule has 1 rings (SSSR count). The summed E-state index contributed by atoms with van der Waals surface area (Å²) in [6, 6.07) is 0.107. The zero-order valence-corrected chi connectivity index (χ0v) is 15.0. The molecule has 0 bridgehead atoms. The molecule has 0 spiro atoms. The summed E-state index contributed by atoms with van der Waals surface area (Å²) >= 11 is 0. The van der Waals surface area contributed by atoms with Crippen molar-refractivity contribution in [3.63, 3.8) is 0 Å². The highest BCUT2D eigenvalue weighted by atomic mass is 32.5. The molecule has 0 fully saturated rings. The molecule has 0 atom stereocenters. The van der Waals surface area contributed by atoms with Gasteiger partial charge in [0.1, 0.15) is 11.7 Å². The highest BCUT2D eigenvalue weighted by Crippen LogP contribution is 3.03. The molecule has 0 saturated carbocycles. The summed E-state index contributed by atoms with van der Waals surface area (Å²) in [6.45, 7) is 2.71. The number of allylic oxidation sites excluding steroid dienone is 2. The lowest BCUT2D eigenvalue weighted by Crippen LogP contribution is -2.13. The summed E-state index contributed by atoms with van der Waals surface area (Å²) in [5.74, 6) is -10.8. The number of hydrogen-bond acceptors (Lipinski definition) is 0. The molecule has 0 amide bonds. The molecular formula is C16H16F10S. The fraction of sp³-hybridized carbons (Fsp3) is 0.375. The molecule has 0 aromatic heterocycles. The van der Waals surface area contributed by atoms with Crippen molar-refractivity contribution in [2.75, 3.05) is 0 Å². The first-order valence-electron chi connectivity index (χ1n) is 7.70. The molecule has 0 unspecified atom stereocenters. The van der Waals surface area contributed by atoms with Crippen LogP contribution in [-0.2, 0) is 0 Å². The quantitative estimate of drug-likeness (QED) is 0.378. The van der Waals surface area contributed by atoms with Gasteiger partial charge in [-0.2, -0.15) is 0 Å². The molecule has 0 aliphatic carbocycles. The monoisotopic (exact) mass is 430 g/mol. The number of halogens is 10. The molecule has 156 valence electrons. The molecule has 0 saturated heterocycles. The van der Waals surface area contributed by atoms with E-state index in [9.17, 15) is 41.4 Å². The summed E-state index contributed by atoms with van der Waals surface area (Å²) in [4.78, 5) is -3.42. The van der Waals surface area contributed by atoms with Gasteiger partial charge >= 0.3 is 10.2 Å². The highest BCUT2D eigenvalue weighted by molar-refractivity contribution is 8.45. The largest absolute Gasteiger partial charge is 0.313 e. The highest BCUT2D eigenvalue weighted by Gasteiger charge is 2.69. The minimum absolute atomic E-state index is 0.00698. The SMILES string of the molecule is CCC/C(F)=C(\F)c1ccc(/C(F)=C(\F)CCC)c(S(F)(F)(F)(F)F)c1F. The van der Waals surface area contributed by atoms with E-state index in [1.54, 1.807) is 0 Å². The summed E-state index contributed by atoms with van der Waals surface area (Å²) in [5, 5.41) is 0. The van der Waals surface area contributed by atoms with E-state index in [0.717, 1.165) is 0 Å². The van der Waals surface area contributed by atoms with Crippen molar-refractivity contribution in [2.24, 2.45) is 0 Å². The molecule has 1 aromatic carbocycles. The van der Waals surface area contributed by atoms with Crippen LogP contribution < -0.4 is 0 Å². The van der Waals surface area contributed by atoms with Crippen LogP contribution in [0.15, 0.2) is 28.7 Å². The average Bonchev–Trinajstić information content (AvgIpc) is 2.51. The molecule has 0 radical (unpaired) electrons. The Balaban J connectivity index is 3.96. The Morgan fingerprint density at radius 2 is 1.11 bits per heavy atom. The maximum Gasteiger partial charge on any atom is 0.313 e. The molecule has 0 aliphatic heterocycles. The fourth-order valence-electron chi connectivity index (χ4n) is 2.23. The van der Waals surface area contributed by atoms with E-state index in [-0.39, 0.29) is 25.0 Å². The second kappa shape index (κ2) is 7.06. The molecule has 27 heavy (non-hydrogen) atoms. The van der Waals surface area contributed by atoms with Crippen molar-refractivity contribution < 1.29 is 41.4 Å². The van der Waals surface area contributed by atoms with Crippen LogP contribution in [-0.4, -0.2) is 0 Å². The van der Waals surface area contributed by atoms with Crippen molar-refractivity contribution in [3.05, 3.63) is 40.7 Å². The molecule has 0 nitrogen and oxygen atoms in total. The maximum atomic E-state index is 14.3. The van der Waals surface area contributed by atoms with Gasteiger partial charge < -0.3 is 0 Å². The summed E-state index contributed by atoms with van der Waals surface area (Å²) < 4.78 is 136. The van der Waals surface area contributed by atoms with Gasteiger partial charge in [-0.3, -0.25) is 0 Å². The Hall–Kier alpha value is -1.65. The smallest absolute Gasteiger partial charge is 0.209 e. The second-order valence-corrected chi connectivity index (χ2v) is 8.06. The lowest BCUT2D eigenvalue weighted by Gasteiger charge is -2.41. The van der Waals surface area contributed by atoms with Gasteiger partial charge in [0.2, 0.25) is 0 Å². The van der Waals surface area contributed by atoms with Crippen LogP contribution in [0.3, 0.4) is 0 Å². The zero-order valence-electron chi connectivity index (χ0n) is 14.2. The van der Waals surface area contributed by atoms with Crippen LogP contribution in [0, 0.1) is 5.82 Å². The molecular weight excluding hydrogens is 414 g/mol. The maximum absolute atomic E-state index is 14.3. The second-order valence-electron chi connectivity index (χ2n) is 5.71. The fourth-order valence-corrected chi connectivity index (χ4v) is 3.25. The van der Waals surface area contributed by atoms with E-state index in [0.29, 0.717) is 0 Å². The number of rotatable bonds is 7. The lowest BCUT2D eigenvalue weighted by atomic mass is 10.1. The Morgan fingerprint density at radius 1 is 0.741 bits per heavy atom. The molecule has 0 heterocycles. The van der Waals surface area contributed by atoms with Crippen molar-refractivity contribution >= 4 is 21.9 Å². The van der Waals surface area contributed by atoms with Crippen molar-refractivity contribution in [1.29, 1.82) is 0 Å². The minimum atomic E-state index is -10.9. The molecule has 11 heteroatoms. The number of benzene rings is 1.